The van der Waals surface area contributed by atoms with Gasteiger partial charge in [0.15, 0.2) is 11.3 Å². The summed E-state index contributed by atoms with van der Waals surface area (Å²) in [5.41, 5.74) is 2.24. The quantitative estimate of drug-likeness (QED) is 0.641. The van der Waals surface area contributed by atoms with Crippen LogP contribution in [-0.2, 0) is 6.42 Å². The molecule has 3 heterocycles. The predicted octanol–water partition coefficient (Wildman–Crippen LogP) is 3.37. The van der Waals surface area contributed by atoms with Crippen LogP contribution in [0.5, 0.6) is 11.5 Å². The van der Waals surface area contributed by atoms with Gasteiger partial charge in [0.1, 0.15) is 11.3 Å². The smallest absolute Gasteiger partial charge is 0.349 e. The van der Waals surface area contributed by atoms with Crippen LogP contribution in [0.1, 0.15) is 33.8 Å². The zero-order chi connectivity index (χ0) is 20.0. The van der Waals surface area contributed by atoms with Gasteiger partial charge in [0.05, 0.1) is 13.7 Å². The Hall–Kier alpha value is -3.28. The molecule has 5 rings (SSSR count). The molecule has 1 fully saturated rings. The van der Waals surface area contributed by atoms with Crippen molar-refractivity contribution >= 4 is 16.9 Å². The Morgan fingerprint density at radius 3 is 2.97 bits per heavy atom. The van der Waals surface area contributed by atoms with Crippen LogP contribution in [0.4, 0.5) is 0 Å². The number of hydrogen-bond donors (Lipinski definition) is 0. The first-order valence-corrected chi connectivity index (χ1v) is 9.80. The molecule has 2 aliphatic rings. The number of para-hydroxylation sites is 1. The fourth-order valence-electron chi connectivity index (χ4n) is 4.28. The van der Waals surface area contributed by atoms with Gasteiger partial charge in [-0.25, -0.2) is 4.79 Å². The van der Waals surface area contributed by atoms with Gasteiger partial charge in [0.25, 0.3) is 5.91 Å². The molecule has 0 spiro atoms. The van der Waals surface area contributed by atoms with Gasteiger partial charge in [-0.15, -0.1) is 0 Å². The van der Waals surface area contributed by atoms with Crippen molar-refractivity contribution in [2.45, 2.75) is 18.8 Å². The van der Waals surface area contributed by atoms with E-state index in [2.05, 4.69) is 12.1 Å². The zero-order valence-electron chi connectivity index (χ0n) is 16.1. The predicted molar refractivity (Wildman–Crippen MR) is 108 cm³/mol. The standard InChI is InChI=1S/C23H21NO5/c1-27-20-4-2-3-16-12-18(23(26)29-21(16)20)22(25)24-9-7-17(13-24)14-5-6-19-15(11-14)8-10-28-19/h2-6,11-12,17H,7-10,13H2,1H3/t17-/m0/s1. The minimum Gasteiger partial charge on any atom is -0.493 e. The van der Waals surface area contributed by atoms with Gasteiger partial charge in [-0.1, -0.05) is 24.3 Å². The summed E-state index contributed by atoms with van der Waals surface area (Å²) in [4.78, 5) is 27.3. The van der Waals surface area contributed by atoms with Crippen LogP contribution in [0.2, 0.25) is 0 Å². The van der Waals surface area contributed by atoms with Crippen LogP contribution in [0.3, 0.4) is 0 Å². The Morgan fingerprint density at radius 1 is 1.21 bits per heavy atom. The van der Waals surface area contributed by atoms with E-state index in [0.29, 0.717) is 29.8 Å². The van der Waals surface area contributed by atoms with Crippen LogP contribution in [-0.4, -0.2) is 37.6 Å². The highest BCUT2D eigenvalue weighted by molar-refractivity contribution is 5.97. The Kier molecular flexibility index (Phi) is 4.27. The third-order valence-electron chi connectivity index (χ3n) is 5.83. The molecule has 3 aromatic rings. The Bertz CT molecular complexity index is 1170. The second-order valence-electron chi connectivity index (χ2n) is 7.53. The number of hydrogen-bond acceptors (Lipinski definition) is 5. The highest BCUT2D eigenvalue weighted by atomic mass is 16.5. The van der Waals surface area contributed by atoms with E-state index < -0.39 is 5.63 Å². The topological polar surface area (TPSA) is 69.0 Å². The number of carbonyl (C=O) groups excluding carboxylic acids is 1. The minimum atomic E-state index is -0.634. The van der Waals surface area contributed by atoms with E-state index in [0.717, 1.165) is 25.2 Å². The van der Waals surface area contributed by atoms with Crippen molar-refractivity contribution in [1.82, 2.24) is 4.90 Å². The van der Waals surface area contributed by atoms with E-state index in [9.17, 15) is 9.59 Å². The van der Waals surface area contributed by atoms with E-state index in [1.807, 2.05) is 6.07 Å². The molecule has 29 heavy (non-hydrogen) atoms. The van der Waals surface area contributed by atoms with Gasteiger partial charge >= 0.3 is 5.63 Å². The van der Waals surface area contributed by atoms with E-state index in [4.69, 9.17) is 13.9 Å². The number of fused-ring (bicyclic) bond motifs is 2. The maximum atomic E-state index is 13.0. The molecule has 6 nitrogen and oxygen atoms in total. The monoisotopic (exact) mass is 391 g/mol. The van der Waals surface area contributed by atoms with Gasteiger partial charge in [-0.2, -0.15) is 0 Å². The first-order valence-electron chi connectivity index (χ1n) is 9.80. The molecular weight excluding hydrogens is 370 g/mol. The summed E-state index contributed by atoms with van der Waals surface area (Å²) in [5.74, 6) is 1.41. The summed E-state index contributed by atoms with van der Waals surface area (Å²) in [6, 6.07) is 13.2. The Balaban J connectivity index is 1.40. The van der Waals surface area contributed by atoms with Crippen LogP contribution in [0.25, 0.3) is 11.0 Å². The largest absolute Gasteiger partial charge is 0.493 e. The molecule has 0 saturated carbocycles. The average molecular weight is 391 g/mol. The first-order chi connectivity index (χ1) is 14.1. The van der Waals surface area contributed by atoms with Crippen LogP contribution in [0.15, 0.2) is 51.7 Å². The van der Waals surface area contributed by atoms with Crippen molar-refractivity contribution in [2.75, 3.05) is 26.8 Å². The van der Waals surface area contributed by atoms with Crippen molar-refractivity contribution in [3.05, 3.63) is 69.6 Å². The van der Waals surface area contributed by atoms with Crippen molar-refractivity contribution < 1.29 is 18.7 Å². The number of rotatable bonds is 3. The molecule has 0 bridgehead atoms. The summed E-state index contributed by atoms with van der Waals surface area (Å²) < 4.78 is 16.2. The van der Waals surface area contributed by atoms with Crippen LogP contribution in [0, 0.1) is 0 Å². The molecular formula is C23H21NO5. The number of nitrogens with zero attached hydrogens (tertiary/aromatic N) is 1. The van der Waals surface area contributed by atoms with Crippen LogP contribution >= 0.6 is 0 Å². The molecule has 2 aliphatic heterocycles. The summed E-state index contributed by atoms with van der Waals surface area (Å²) >= 11 is 0. The fourth-order valence-corrected chi connectivity index (χ4v) is 4.28. The number of carbonyl (C=O) groups is 1. The van der Waals surface area contributed by atoms with Gasteiger partial charge in [-0.05, 0) is 35.7 Å². The van der Waals surface area contributed by atoms with Gasteiger partial charge in [0.2, 0.25) is 0 Å². The number of amides is 1. The van der Waals surface area contributed by atoms with Gasteiger partial charge in [-0.3, -0.25) is 4.79 Å². The first kappa shape index (κ1) is 17.8. The van der Waals surface area contributed by atoms with Crippen molar-refractivity contribution in [2.24, 2.45) is 0 Å². The van der Waals surface area contributed by atoms with Crippen LogP contribution < -0.4 is 15.1 Å². The lowest BCUT2D eigenvalue weighted by atomic mass is 9.96. The second kappa shape index (κ2) is 6.95. The molecule has 6 heteroatoms. The minimum absolute atomic E-state index is 0.0637. The number of likely N-dealkylation sites (tertiary alicyclic amines) is 1. The van der Waals surface area contributed by atoms with E-state index in [1.54, 1.807) is 29.2 Å². The summed E-state index contributed by atoms with van der Waals surface area (Å²) in [6.07, 6.45) is 1.80. The lowest BCUT2D eigenvalue weighted by Crippen LogP contribution is -2.32. The maximum absolute atomic E-state index is 13.0. The molecule has 1 saturated heterocycles. The summed E-state index contributed by atoms with van der Waals surface area (Å²) in [5, 5.41) is 0.668. The molecule has 1 aromatic heterocycles. The highest BCUT2D eigenvalue weighted by Crippen LogP contribution is 2.33. The molecule has 1 amide bonds. The molecule has 2 aromatic carbocycles. The van der Waals surface area contributed by atoms with E-state index >= 15 is 0 Å². The van der Waals surface area contributed by atoms with Gasteiger partial charge in [0, 0.05) is 30.8 Å². The summed E-state index contributed by atoms with van der Waals surface area (Å²) in [6.45, 7) is 1.94. The highest BCUT2D eigenvalue weighted by Gasteiger charge is 2.30. The van der Waals surface area contributed by atoms with Crippen molar-refractivity contribution in [1.29, 1.82) is 0 Å². The summed E-state index contributed by atoms with van der Waals surface area (Å²) in [7, 11) is 1.52. The Morgan fingerprint density at radius 2 is 2.10 bits per heavy atom. The lowest BCUT2D eigenvalue weighted by Gasteiger charge is -2.17. The average Bonchev–Trinajstić information content (AvgIpc) is 3.41. The van der Waals surface area contributed by atoms with Gasteiger partial charge < -0.3 is 18.8 Å². The SMILES string of the molecule is COc1cccc2cc(C(=O)N3CC[C@H](c4ccc5c(c4)CCO5)C3)c(=O)oc12. The second-order valence-corrected chi connectivity index (χ2v) is 7.53. The lowest BCUT2D eigenvalue weighted by molar-refractivity contribution is 0.0786. The number of benzene rings is 2. The molecule has 0 radical (unpaired) electrons. The fraction of sp³-hybridized carbons (Fsp3) is 0.304. The number of methoxy groups -OCH3 is 1. The zero-order valence-corrected chi connectivity index (χ0v) is 16.1. The maximum Gasteiger partial charge on any atom is 0.349 e. The number of ether oxygens (including phenoxy) is 2. The normalized spacial score (nSPS) is 18.0. The third-order valence-corrected chi connectivity index (χ3v) is 5.83. The van der Waals surface area contributed by atoms with Crippen molar-refractivity contribution in [3.8, 4) is 11.5 Å². The molecule has 0 unspecified atom stereocenters. The van der Waals surface area contributed by atoms with E-state index in [-0.39, 0.29) is 17.4 Å². The molecule has 148 valence electrons. The Labute approximate surface area is 167 Å². The molecule has 0 N–H and O–H groups in total. The van der Waals surface area contributed by atoms with Crippen molar-refractivity contribution in [3.63, 3.8) is 0 Å². The molecule has 0 aliphatic carbocycles. The molecule has 1 atom stereocenters. The van der Waals surface area contributed by atoms with E-state index in [1.165, 1.54) is 18.2 Å². The third kappa shape index (κ3) is 3.05.